The fraction of sp³-hybridized carbons (Fsp3) is 0.417. The van der Waals surface area contributed by atoms with E-state index >= 15 is 0 Å². The largest absolute Gasteiger partial charge is 0.497 e. The van der Waals surface area contributed by atoms with Gasteiger partial charge in [-0.05, 0) is 37.1 Å². The van der Waals surface area contributed by atoms with Crippen LogP contribution < -0.4 is 9.64 Å². The summed E-state index contributed by atoms with van der Waals surface area (Å²) in [7, 11) is 1.67. The van der Waals surface area contributed by atoms with Crippen LogP contribution in [0, 0.1) is 5.92 Å². The number of carbonyl (C=O) groups excluding carboxylic acids is 2. The lowest BCUT2D eigenvalue weighted by Crippen LogP contribution is -2.55. The van der Waals surface area contributed by atoms with Gasteiger partial charge < -0.3 is 9.64 Å². The van der Waals surface area contributed by atoms with Crippen LogP contribution in [-0.4, -0.2) is 55.8 Å². The van der Waals surface area contributed by atoms with E-state index < -0.39 is 5.92 Å². The monoisotopic (exact) mass is 428 g/mol. The van der Waals surface area contributed by atoms with Crippen molar-refractivity contribution in [1.82, 2.24) is 4.90 Å². The molecule has 0 aromatic heterocycles. The molecule has 160 valence electrons. The van der Waals surface area contributed by atoms with Gasteiger partial charge in [-0.1, -0.05) is 36.8 Å². The smallest absolute Gasteiger partial charge is 0.173 e. The SMILES string of the molecule is COc1ccc(N2CCN(C3CCCC(C(=O)c4ccccc4)C3=O)CC2)cc1.Cl. The summed E-state index contributed by atoms with van der Waals surface area (Å²) < 4.78 is 5.23. The Kier molecular flexibility index (Phi) is 7.51. The van der Waals surface area contributed by atoms with Gasteiger partial charge in [0.25, 0.3) is 0 Å². The van der Waals surface area contributed by atoms with Crippen LogP contribution in [0.25, 0.3) is 0 Å². The molecule has 0 radical (unpaired) electrons. The molecule has 1 aliphatic carbocycles. The summed E-state index contributed by atoms with van der Waals surface area (Å²) >= 11 is 0. The second-order valence-corrected chi connectivity index (χ2v) is 7.85. The number of ether oxygens (including phenoxy) is 1. The Balaban J connectivity index is 0.00000256. The van der Waals surface area contributed by atoms with Crippen LogP contribution in [0.2, 0.25) is 0 Å². The second kappa shape index (κ2) is 10.1. The molecule has 4 rings (SSSR count). The highest BCUT2D eigenvalue weighted by Crippen LogP contribution is 2.29. The van der Waals surface area contributed by atoms with Gasteiger partial charge in [0, 0.05) is 37.4 Å². The highest BCUT2D eigenvalue weighted by Gasteiger charge is 2.39. The number of hydrogen-bond acceptors (Lipinski definition) is 5. The number of anilines is 1. The lowest BCUT2D eigenvalue weighted by atomic mass is 9.79. The first-order valence-electron chi connectivity index (χ1n) is 10.4. The molecule has 0 bridgehead atoms. The Labute approximate surface area is 184 Å². The van der Waals surface area contributed by atoms with Gasteiger partial charge in [-0.3, -0.25) is 14.5 Å². The standard InChI is InChI=1S/C24H28N2O3.ClH/c1-29-20-12-10-19(11-13-20)25-14-16-26(17-15-25)22-9-5-8-21(24(22)28)23(27)18-6-3-2-4-7-18;/h2-4,6-7,10-13,21-22H,5,8-9,14-17H2,1H3;1H. The first-order chi connectivity index (χ1) is 14.2. The van der Waals surface area contributed by atoms with Gasteiger partial charge in [0.15, 0.2) is 11.6 Å². The molecule has 2 aliphatic rings. The fourth-order valence-electron chi connectivity index (χ4n) is 4.54. The Morgan fingerprint density at radius 3 is 2.23 bits per heavy atom. The maximum absolute atomic E-state index is 13.2. The average molecular weight is 429 g/mol. The number of nitrogens with zero attached hydrogens (tertiary/aromatic N) is 2. The number of Topliss-reactive ketones (excluding diaryl/α,β-unsaturated/α-hetero) is 2. The quantitative estimate of drug-likeness (QED) is 0.534. The molecule has 0 N–H and O–H groups in total. The number of halogens is 1. The minimum absolute atomic E-state index is 0. The maximum Gasteiger partial charge on any atom is 0.173 e. The predicted octanol–water partition coefficient (Wildman–Crippen LogP) is 3.86. The lowest BCUT2D eigenvalue weighted by Gasteiger charge is -2.42. The Morgan fingerprint density at radius 2 is 1.60 bits per heavy atom. The molecule has 30 heavy (non-hydrogen) atoms. The van der Waals surface area contributed by atoms with E-state index in [1.165, 1.54) is 5.69 Å². The van der Waals surface area contributed by atoms with Gasteiger partial charge >= 0.3 is 0 Å². The van der Waals surface area contributed by atoms with E-state index in [-0.39, 0.29) is 30.0 Å². The third-order valence-corrected chi connectivity index (χ3v) is 6.21. The van der Waals surface area contributed by atoms with E-state index in [1.807, 2.05) is 42.5 Å². The summed E-state index contributed by atoms with van der Waals surface area (Å²) in [6.45, 7) is 3.45. The summed E-state index contributed by atoms with van der Waals surface area (Å²) in [5.74, 6) is 0.463. The van der Waals surface area contributed by atoms with Gasteiger partial charge in [0.05, 0.1) is 19.1 Å². The number of carbonyl (C=O) groups is 2. The normalized spacial score (nSPS) is 22.3. The van der Waals surface area contributed by atoms with Crippen molar-refractivity contribution < 1.29 is 14.3 Å². The van der Waals surface area contributed by atoms with Crippen molar-refractivity contribution in [2.75, 3.05) is 38.2 Å². The van der Waals surface area contributed by atoms with Crippen LogP contribution in [0.1, 0.15) is 29.6 Å². The third-order valence-electron chi connectivity index (χ3n) is 6.21. The highest BCUT2D eigenvalue weighted by atomic mass is 35.5. The Morgan fingerprint density at radius 1 is 0.933 bits per heavy atom. The molecular formula is C24H29ClN2O3. The number of benzene rings is 2. The van der Waals surface area contributed by atoms with E-state index in [9.17, 15) is 9.59 Å². The molecule has 0 spiro atoms. The average Bonchev–Trinajstić information content (AvgIpc) is 2.80. The van der Waals surface area contributed by atoms with Crippen LogP contribution in [0.4, 0.5) is 5.69 Å². The van der Waals surface area contributed by atoms with Crippen molar-refractivity contribution in [2.45, 2.75) is 25.3 Å². The summed E-state index contributed by atoms with van der Waals surface area (Å²) in [4.78, 5) is 30.7. The number of piperazine rings is 1. The van der Waals surface area contributed by atoms with E-state index in [0.29, 0.717) is 12.0 Å². The molecular weight excluding hydrogens is 400 g/mol. The number of methoxy groups -OCH3 is 1. The van der Waals surface area contributed by atoms with Crippen molar-refractivity contribution in [1.29, 1.82) is 0 Å². The van der Waals surface area contributed by atoms with Crippen molar-refractivity contribution in [3.05, 3.63) is 60.2 Å². The molecule has 6 heteroatoms. The predicted molar refractivity (Wildman–Crippen MR) is 121 cm³/mol. The molecule has 0 amide bonds. The second-order valence-electron chi connectivity index (χ2n) is 7.85. The summed E-state index contributed by atoms with van der Waals surface area (Å²) in [6, 6.07) is 17.2. The van der Waals surface area contributed by atoms with Crippen molar-refractivity contribution in [2.24, 2.45) is 5.92 Å². The van der Waals surface area contributed by atoms with Crippen molar-refractivity contribution >= 4 is 29.7 Å². The van der Waals surface area contributed by atoms with Crippen LogP contribution >= 0.6 is 12.4 Å². The molecule has 2 fully saturated rings. The van der Waals surface area contributed by atoms with Gasteiger partial charge in [0.2, 0.25) is 0 Å². The van der Waals surface area contributed by atoms with E-state index in [1.54, 1.807) is 7.11 Å². The van der Waals surface area contributed by atoms with Gasteiger partial charge in [-0.25, -0.2) is 0 Å². The number of hydrogen-bond donors (Lipinski definition) is 0. The highest BCUT2D eigenvalue weighted by molar-refractivity contribution is 6.12. The first-order valence-corrected chi connectivity index (χ1v) is 10.4. The topological polar surface area (TPSA) is 49.9 Å². The zero-order valence-electron chi connectivity index (χ0n) is 17.3. The summed E-state index contributed by atoms with van der Waals surface area (Å²) in [6.07, 6.45) is 2.47. The van der Waals surface area contributed by atoms with Crippen LogP contribution in [0.3, 0.4) is 0 Å². The Bertz CT molecular complexity index is 849. The molecule has 1 heterocycles. The molecule has 2 atom stereocenters. The van der Waals surface area contributed by atoms with E-state index in [2.05, 4.69) is 21.9 Å². The Hall–Kier alpha value is -2.37. The van der Waals surface area contributed by atoms with Crippen LogP contribution in [-0.2, 0) is 4.79 Å². The number of ketones is 2. The summed E-state index contributed by atoms with van der Waals surface area (Å²) in [5, 5.41) is 0. The van der Waals surface area contributed by atoms with Crippen LogP contribution in [0.15, 0.2) is 54.6 Å². The van der Waals surface area contributed by atoms with Gasteiger partial charge in [-0.2, -0.15) is 0 Å². The number of rotatable bonds is 5. The van der Waals surface area contributed by atoms with Gasteiger partial charge in [0.1, 0.15) is 5.75 Å². The molecule has 2 unspecified atom stereocenters. The molecule has 1 saturated heterocycles. The zero-order chi connectivity index (χ0) is 20.2. The molecule has 2 aromatic rings. The minimum atomic E-state index is -0.490. The lowest BCUT2D eigenvalue weighted by molar-refractivity contribution is -0.129. The van der Waals surface area contributed by atoms with E-state index in [0.717, 1.165) is 44.8 Å². The zero-order valence-corrected chi connectivity index (χ0v) is 18.1. The molecule has 2 aromatic carbocycles. The fourth-order valence-corrected chi connectivity index (χ4v) is 4.54. The minimum Gasteiger partial charge on any atom is -0.497 e. The maximum atomic E-state index is 13.2. The van der Waals surface area contributed by atoms with E-state index in [4.69, 9.17) is 4.74 Å². The molecule has 1 aliphatic heterocycles. The first kappa shape index (κ1) is 22.3. The molecule has 1 saturated carbocycles. The third kappa shape index (κ3) is 4.68. The van der Waals surface area contributed by atoms with Crippen molar-refractivity contribution in [3.63, 3.8) is 0 Å². The summed E-state index contributed by atoms with van der Waals surface area (Å²) in [5.41, 5.74) is 1.83. The van der Waals surface area contributed by atoms with Crippen molar-refractivity contribution in [3.8, 4) is 5.75 Å². The van der Waals surface area contributed by atoms with Crippen LogP contribution in [0.5, 0.6) is 5.75 Å². The van der Waals surface area contributed by atoms with Gasteiger partial charge in [-0.15, -0.1) is 12.4 Å². The molecule has 5 nitrogen and oxygen atoms in total.